The van der Waals surface area contributed by atoms with Gasteiger partial charge in [-0.15, -0.1) is 6.58 Å². The Balaban J connectivity index is 1.76. The molecule has 8 heteroatoms. The summed E-state index contributed by atoms with van der Waals surface area (Å²) in [5.74, 6) is 0.185. The third-order valence-corrected chi connectivity index (χ3v) is 6.13. The van der Waals surface area contributed by atoms with Crippen molar-refractivity contribution in [3.05, 3.63) is 93.3 Å². The molecule has 1 saturated heterocycles. The van der Waals surface area contributed by atoms with E-state index in [9.17, 15) is 9.59 Å². The monoisotopic (exact) mass is 448 g/mol. The molecule has 6 nitrogen and oxygen atoms in total. The van der Waals surface area contributed by atoms with Crippen LogP contribution in [0.3, 0.4) is 0 Å². The Bertz CT molecular complexity index is 1280. The minimum atomic E-state index is -0.256. The van der Waals surface area contributed by atoms with Crippen LogP contribution in [-0.2, 0) is 11.3 Å². The SMILES string of the molecule is C=CCNc1nc2ccc(C)cn2c(=O)c1C=C1SC(=S)N(Cc2ccccc2)C1=O. The summed E-state index contributed by atoms with van der Waals surface area (Å²) in [4.78, 5) is 32.8. The summed E-state index contributed by atoms with van der Waals surface area (Å²) in [7, 11) is 0. The van der Waals surface area contributed by atoms with Crippen molar-refractivity contribution >= 4 is 51.7 Å². The summed E-state index contributed by atoms with van der Waals surface area (Å²) >= 11 is 6.63. The van der Waals surface area contributed by atoms with Gasteiger partial charge < -0.3 is 5.32 Å². The molecule has 3 aromatic rings. The molecule has 1 amide bonds. The van der Waals surface area contributed by atoms with Crippen LogP contribution in [0.2, 0.25) is 0 Å². The van der Waals surface area contributed by atoms with E-state index in [0.717, 1.165) is 11.1 Å². The van der Waals surface area contributed by atoms with Crippen molar-refractivity contribution in [2.75, 3.05) is 11.9 Å². The lowest BCUT2D eigenvalue weighted by Gasteiger charge is -2.14. The molecule has 156 valence electrons. The highest BCUT2D eigenvalue weighted by Gasteiger charge is 2.32. The zero-order chi connectivity index (χ0) is 22.0. The molecule has 2 aromatic heterocycles. The minimum Gasteiger partial charge on any atom is -0.366 e. The molecule has 0 saturated carbocycles. The smallest absolute Gasteiger partial charge is 0.267 e. The van der Waals surface area contributed by atoms with Crippen molar-refractivity contribution in [2.45, 2.75) is 13.5 Å². The quantitative estimate of drug-likeness (QED) is 0.349. The van der Waals surface area contributed by atoms with Crippen LogP contribution in [0.15, 0.2) is 71.0 Å². The highest BCUT2D eigenvalue weighted by Crippen LogP contribution is 2.34. The van der Waals surface area contributed by atoms with Crippen molar-refractivity contribution in [1.29, 1.82) is 0 Å². The molecule has 4 rings (SSSR count). The summed E-state index contributed by atoms with van der Waals surface area (Å²) in [5, 5.41) is 3.11. The number of nitrogens with zero attached hydrogens (tertiary/aromatic N) is 3. The van der Waals surface area contributed by atoms with E-state index in [1.807, 2.05) is 43.3 Å². The molecule has 31 heavy (non-hydrogen) atoms. The van der Waals surface area contributed by atoms with Gasteiger partial charge in [0.1, 0.15) is 15.8 Å². The number of anilines is 1. The zero-order valence-electron chi connectivity index (χ0n) is 16.9. The fourth-order valence-corrected chi connectivity index (χ4v) is 4.46. The number of aromatic nitrogens is 2. The Morgan fingerprint density at radius 1 is 1.19 bits per heavy atom. The summed E-state index contributed by atoms with van der Waals surface area (Å²) in [6.45, 7) is 6.43. The molecule has 1 fully saturated rings. The average molecular weight is 449 g/mol. The lowest BCUT2D eigenvalue weighted by Crippen LogP contribution is -2.27. The van der Waals surface area contributed by atoms with Gasteiger partial charge in [0.25, 0.3) is 11.5 Å². The molecule has 1 aromatic carbocycles. The number of amides is 1. The summed E-state index contributed by atoms with van der Waals surface area (Å²) in [6, 6.07) is 13.3. The molecule has 0 atom stereocenters. The van der Waals surface area contributed by atoms with Crippen LogP contribution in [0.25, 0.3) is 11.7 Å². The van der Waals surface area contributed by atoms with E-state index in [1.54, 1.807) is 29.3 Å². The number of carbonyl (C=O) groups excluding carboxylic acids is 1. The number of fused-ring (bicyclic) bond motifs is 1. The van der Waals surface area contributed by atoms with Crippen molar-refractivity contribution < 1.29 is 4.79 Å². The number of pyridine rings is 1. The Kier molecular flexibility index (Phi) is 6.01. The number of carbonyl (C=O) groups is 1. The number of aryl methyl sites for hydroxylation is 1. The van der Waals surface area contributed by atoms with E-state index in [2.05, 4.69) is 16.9 Å². The molecular formula is C23H20N4O2S2. The maximum absolute atomic E-state index is 13.3. The number of hydrogen-bond acceptors (Lipinski definition) is 6. The van der Waals surface area contributed by atoms with E-state index in [1.165, 1.54) is 16.2 Å². The number of benzene rings is 1. The molecule has 1 aliphatic rings. The third-order valence-electron chi connectivity index (χ3n) is 4.75. The fourth-order valence-electron chi connectivity index (χ4n) is 3.23. The average Bonchev–Trinajstić information content (AvgIpc) is 3.03. The van der Waals surface area contributed by atoms with Gasteiger partial charge in [0, 0.05) is 12.7 Å². The Morgan fingerprint density at radius 3 is 2.71 bits per heavy atom. The van der Waals surface area contributed by atoms with E-state index >= 15 is 0 Å². The molecule has 0 unspecified atom stereocenters. The minimum absolute atomic E-state index is 0.220. The van der Waals surface area contributed by atoms with Gasteiger partial charge >= 0.3 is 0 Å². The van der Waals surface area contributed by atoms with Crippen molar-refractivity contribution in [1.82, 2.24) is 14.3 Å². The van der Waals surface area contributed by atoms with Gasteiger partial charge in [0.2, 0.25) is 0 Å². The largest absolute Gasteiger partial charge is 0.366 e. The van der Waals surface area contributed by atoms with E-state index in [4.69, 9.17) is 12.2 Å². The molecule has 1 aliphatic heterocycles. The number of thioether (sulfide) groups is 1. The first-order valence-electron chi connectivity index (χ1n) is 9.65. The molecule has 0 bridgehead atoms. The van der Waals surface area contributed by atoms with Crippen LogP contribution in [0.1, 0.15) is 16.7 Å². The van der Waals surface area contributed by atoms with Crippen LogP contribution in [0, 0.1) is 6.92 Å². The van der Waals surface area contributed by atoms with Gasteiger partial charge in [-0.1, -0.05) is 66.5 Å². The van der Waals surface area contributed by atoms with Gasteiger partial charge in [-0.3, -0.25) is 18.9 Å². The second-order valence-electron chi connectivity index (χ2n) is 7.04. The first-order valence-corrected chi connectivity index (χ1v) is 10.9. The van der Waals surface area contributed by atoms with Crippen molar-refractivity contribution in [3.63, 3.8) is 0 Å². The Labute approximate surface area is 189 Å². The lowest BCUT2D eigenvalue weighted by molar-refractivity contribution is -0.122. The first-order chi connectivity index (χ1) is 15.0. The van der Waals surface area contributed by atoms with Crippen LogP contribution in [0.5, 0.6) is 0 Å². The van der Waals surface area contributed by atoms with Crippen LogP contribution < -0.4 is 10.9 Å². The normalized spacial score (nSPS) is 15.1. The highest BCUT2D eigenvalue weighted by molar-refractivity contribution is 8.26. The maximum Gasteiger partial charge on any atom is 0.267 e. The van der Waals surface area contributed by atoms with E-state index in [-0.39, 0.29) is 11.5 Å². The van der Waals surface area contributed by atoms with Gasteiger partial charge in [-0.25, -0.2) is 4.98 Å². The number of thiocarbonyl (C=S) groups is 1. The Morgan fingerprint density at radius 2 is 1.97 bits per heavy atom. The topological polar surface area (TPSA) is 66.7 Å². The van der Waals surface area contributed by atoms with E-state index in [0.29, 0.717) is 39.3 Å². The second kappa shape index (κ2) is 8.87. The molecule has 0 spiro atoms. The fraction of sp³-hybridized carbons (Fsp3) is 0.130. The number of nitrogens with one attached hydrogen (secondary N) is 1. The van der Waals surface area contributed by atoms with Gasteiger partial charge in [-0.2, -0.15) is 0 Å². The van der Waals surface area contributed by atoms with Crippen LogP contribution >= 0.6 is 24.0 Å². The molecular weight excluding hydrogens is 428 g/mol. The van der Waals surface area contributed by atoms with Crippen LogP contribution in [-0.4, -0.2) is 31.1 Å². The standard InChI is InChI=1S/C23H20N4O2S2/c1-3-11-24-20-17(21(28)26-13-15(2)9-10-19(26)25-20)12-18-22(29)27(23(30)31-18)14-16-7-5-4-6-8-16/h3-10,12-13,24H,1,11,14H2,2H3. The third kappa shape index (κ3) is 4.30. The van der Waals surface area contributed by atoms with Gasteiger partial charge in [-0.05, 0) is 30.2 Å². The van der Waals surface area contributed by atoms with Crippen LogP contribution in [0.4, 0.5) is 5.82 Å². The summed E-state index contributed by atoms with van der Waals surface area (Å²) in [6.07, 6.45) is 5.00. The highest BCUT2D eigenvalue weighted by atomic mass is 32.2. The van der Waals surface area contributed by atoms with Gasteiger partial charge in [0.15, 0.2) is 0 Å². The lowest BCUT2D eigenvalue weighted by atomic mass is 10.2. The van der Waals surface area contributed by atoms with Crippen molar-refractivity contribution in [2.24, 2.45) is 0 Å². The number of rotatable bonds is 6. The molecule has 3 heterocycles. The maximum atomic E-state index is 13.3. The number of hydrogen-bond donors (Lipinski definition) is 1. The second-order valence-corrected chi connectivity index (χ2v) is 8.71. The predicted octanol–water partition coefficient (Wildman–Crippen LogP) is 4.00. The van der Waals surface area contributed by atoms with Crippen molar-refractivity contribution in [3.8, 4) is 0 Å². The Hall–Kier alpha value is -3.23. The summed E-state index contributed by atoms with van der Waals surface area (Å²) < 4.78 is 1.95. The predicted molar refractivity (Wildman–Crippen MR) is 130 cm³/mol. The summed E-state index contributed by atoms with van der Waals surface area (Å²) in [5.41, 5.74) is 2.49. The molecule has 0 radical (unpaired) electrons. The van der Waals surface area contributed by atoms with E-state index < -0.39 is 0 Å². The molecule has 0 aliphatic carbocycles. The molecule has 1 N–H and O–H groups in total. The first kappa shape index (κ1) is 21.0. The van der Waals surface area contributed by atoms with Gasteiger partial charge in [0.05, 0.1) is 17.0 Å². The zero-order valence-corrected chi connectivity index (χ0v) is 18.5.